The molecule has 5 aromatic carbocycles. The number of carbonyl (C=O) groups is 1. The van der Waals surface area contributed by atoms with Gasteiger partial charge in [0.15, 0.2) is 0 Å². The third-order valence-corrected chi connectivity index (χ3v) is 8.25. The molecule has 0 aliphatic heterocycles. The monoisotopic (exact) mass is 532 g/mol. The van der Waals surface area contributed by atoms with Crippen molar-refractivity contribution in [2.75, 3.05) is 4.31 Å². The number of benzene rings is 5. The SMILES string of the molecule is O=C(NC(c1ccccc1)c1ccccc1)c1ccc(CN(c2ccccc2)S(=O)(=O)c2ccccc2)cc1. The third-order valence-electron chi connectivity index (χ3n) is 6.46. The fourth-order valence-corrected chi connectivity index (χ4v) is 5.89. The van der Waals surface area contributed by atoms with Crippen molar-refractivity contribution in [2.24, 2.45) is 0 Å². The Labute approximate surface area is 229 Å². The van der Waals surface area contributed by atoms with E-state index in [0.717, 1.165) is 16.7 Å². The highest BCUT2D eigenvalue weighted by atomic mass is 32.2. The molecule has 1 N–H and O–H groups in total. The van der Waals surface area contributed by atoms with E-state index >= 15 is 0 Å². The second kappa shape index (κ2) is 11.8. The Bertz CT molecular complexity index is 1570. The van der Waals surface area contributed by atoms with Crippen LogP contribution >= 0.6 is 0 Å². The van der Waals surface area contributed by atoms with Gasteiger partial charge in [-0.15, -0.1) is 0 Å². The lowest BCUT2D eigenvalue weighted by molar-refractivity contribution is 0.0943. The van der Waals surface area contributed by atoms with Crippen LogP contribution in [0, 0.1) is 0 Å². The zero-order valence-electron chi connectivity index (χ0n) is 21.2. The number of nitrogens with zero attached hydrogens (tertiary/aromatic N) is 1. The molecule has 1 amide bonds. The van der Waals surface area contributed by atoms with E-state index in [-0.39, 0.29) is 23.4 Å². The minimum absolute atomic E-state index is 0.125. The molecule has 0 saturated carbocycles. The van der Waals surface area contributed by atoms with Gasteiger partial charge < -0.3 is 5.32 Å². The number of para-hydroxylation sites is 1. The zero-order chi connectivity index (χ0) is 27.1. The molecular formula is C33H28N2O3S. The maximum Gasteiger partial charge on any atom is 0.264 e. The van der Waals surface area contributed by atoms with Gasteiger partial charge in [-0.05, 0) is 53.1 Å². The average molecular weight is 533 g/mol. The molecule has 194 valence electrons. The molecule has 0 bridgehead atoms. The Kier molecular flexibility index (Phi) is 7.85. The molecule has 0 aromatic heterocycles. The van der Waals surface area contributed by atoms with Gasteiger partial charge in [-0.2, -0.15) is 0 Å². The highest BCUT2D eigenvalue weighted by Crippen LogP contribution is 2.26. The van der Waals surface area contributed by atoms with Gasteiger partial charge >= 0.3 is 0 Å². The van der Waals surface area contributed by atoms with Crippen LogP contribution in [0.5, 0.6) is 0 Å². The first-order valence-corrected chi connectivity index (χ1v) is 14.1. The van der Waals surface area contributed by atoms with Crippen LogP contribution in [0.15, 0.2) is 150 Å². The smallest absolute Gasteiger partial charge is 0.264 e. The predicted molar refractivity (Wildman–Crippen MR) is 155 cm³/mol. The molecule has 6 heteroatoms. The number of nitrogens with one attached hydrogen (secondary N) is 1. The van der Waals surface area contributed by atoms with Crippen LogP contribution in [0.2, 0.25) is 0 Å². The van der Waals surface area contributed by atoms with Crippen molar-refractivity contribution in [1.82, 2.24) is 5.32 Å². The van der Waals surface area contributed by atoms with Crippen LogP contribution in [-0.2, 0) is 16.6 Å². The minimum Gasteiger partial charge on any atom is -0.341 e. The van der Waals surface area contributed by atoms with Crippen LogP contribution in [-0.4, -0.2) is 14.3 Å². The summed E-state index contributed by atoms with van der Waals surface area (Å²) in [5.74, 6) is -0.212. The van der Waals surface area contributed by atoms with E-state index in [9.17, 15) is 13.2 Å². The van der Waals surface area contributed by atoms with Gasteiger partial charge in [0.25, 0.3) is 15.9 Å². The first-order valence-electron chi connectivity index (χ1n) is 12.6. The Morgan fingerprint density at radius 2 is 1.08 bits per heavy atom. The summed E-state index contributed by atoms with van der Waals surface area (Å²) in [6.07, 6.45) is 0. The van der Waals surface area contributed by atoms with Gasteiger partial charge in [0, 0.05) is 5.56 Å². The summed E-state index contributed by atoms with van der Waals surface area (Å²) >= 11 is 0. The van der Waals surface area contributed by atoms with Crippen LogP contribution in [0.3, 0.4) is 0 Å². The lowest BCUT2D eigenvalue weighted by atomic mass is 9.98. The molecule has 5 rings (SSSR count). The summed E-state index contributed by atoms with van der Waals surface area (Å²) in [7, 11) is -3.80. The second-order valence-corrected chi connectivity index (χ2v) is 10.9. The number of hydrogen-bond acceptors (Lipinski definition) is 3. The van der Waals surface area contributed by atoms with Gasteiger partial charge in [0.05, 0.1) is 23.2 Å². The standard InChI is InChI=1S/C33H28N2O3S/c36-33(34-32(27-13-5-1-6-14-27)28-15-7-2-8-16-28)29-23-21-26(22-24-29)25-35(30-17-9-3-10-18-30)39(37,38)31-19-11-4-12-20-31/h1-24,32H,25H2,(H,34,36). The molecule has 0 spiro atoms. The number of sulfonamides is 1. The fourth-order valence-electron chi connectivity index (χ4n) is 4.42. The number of anilines is 1. The van der Waals surface area contributed by atoms with Crippen molar-refractivity contribution in [3.63, 3.8) is 0 Å². The molecule has 0 fully saturated rings. The lowest BCUT2D eigenvalue weighted by Gasteiger charge is -2.25. The largest absolute Gasteiger partial charge is 0.341 e. The summed E-state index contributed by atoms with van der Waals surface area (Å²) in [6, 6.07) is 43.8. The van der Waals surface area contributed by atoms with Gasteiger partial charge in [-0.3, -0.25) is 9.10 Å². The molecule has 0 unspecified atom stereocenters. The molecule has 0 atom stereocenters. The van der Waals surface area contributed by atoms with Gasteiger partial charge in [-0.25, -0.2) is 8.42 Å². The molecule has 5 aromatic rings. The number of carbonyl (C=O) groups excluding carboxylic acids is 1. The van der Waals surface area contributed by atoms with Crippen LogP contribution in [0.4, 0.5) is 5.69 Å². The Morgan fingerprint density at radius 3 is 1.59 bits per heavy atom. The molecule has 0 radical (unpaired) electrons. The third kappa shape index (κ3) is 6.08. The van der Waals surface area contributed by atoms with Crippen molar-refractivity contribution in [2.45, 2.75) is 17.5 Å². The molecule has 0 aliphatic rings. The Balaban J connectivity index is 1.38. The molecule has 39 heavy (non-hydrogen) atoms. The van der Waals surface area contributed by atoms with Crippen LogP contribution < -0.4 is 9.62 Å². The van der Waals surface area contributed by atoms with Gasteiger partial charge in [-0.1, -0.05) is 109 Å². The summed E-state index contributed by atoms with van der Waals surface area (Å²) in [5, 5.41) is 3.15. The van der Waals surface area contributed by atoms with E-state index in [4.69, 9.17) is 0 Å². The summed E-state index contributed by atoms with van der Waals surface area (Å²) in [6.45, 7) is 0.125. The first-order chi connectivity index (χ1) is 19.0. The molecule has 0 heterocycles. The van der Waals surface area contributed by atoms with E-state index in [2.05, 4.69) is 5.32 Å². The van der Waals surface area contributed by atoms with Crippen LogP contribution in [0.25, 0.3) is 0 Å². The van der Waals surface area contributed by atoms with Crippen molar-refractivity contribution in [3.8, 4) is 0 Å². The second-order valence-electron chi connectivity index (χ2n) is 9.09. The minimum atomic E-state index is -3.80. The van der Waals surface area contributed by atoms with E-state index in [0.29, 0.717) is 11.3 Å². The molecule has 5 nitrogen and oxygen atoms in total. The summed E-state index contributed by atoms with van der Waals surface area (Å²) in [5.41, 5.74) is 3.79. The average Bonchev–Trinajstić information content (AvgIpc) is 3.00. The Morgan fingerprint density at radius 1 is 0.615 bits per heavy atom. The zero-order valence-corrected chi connectivity index (χ0v) is 22.0. The molecule has 0 saturated heterocycles. The lowest BCUT2D eigenvalue weighted by Crippen LogP contribution is -2.31. The highest BCUT2D eigenvalue weighted by molar-refractivity contribution is 7.92. The van der Waals surface area contributed by atoms with Crippen molar-refractivity contribution >= 4 is 21.6 Å². The van der Waals surface area contributed by atoms with Crippen LogP contribution in [0.1, 0.15) is 33.1 Å². The maximum atomic E-state index is 13.6. The number of rotatable bonds is 9. The van der Waals surface area contributed by atoms with Crippen molar-refractivity contribution in [3.05, 3.63) is 168 Å². The summed E-state index contributed by atoms with van der Waals surface area (Å²) in [4.78, 5) is 13.5. The number of amides is 1. The predicted octanol–water partition coefficient (Wildman–Crippen LogP) is 6.60. The van der Waals surface area contributed by atoms with Crippen molar-refractivity contribution in [1.29, 1.82) is 0 Å². The van der Waals surface area contributed by atoms with Gasteiger partial charge in [0.1, 0.15) is 0 Å². The van der Waals surface area contributed by atoms with Crippen molar-refractivity contribution < 1.29 is 13.2 Å². The van der Waals surface area contributed by atoms with Gasteiger partial charge in [0.2, 0.25) is 0 Å². The van der Waals surface area contributed by atoms with E-state index in [1.807, 2.05) is 78.9 Å². The molecular weight excluding hydrogens is 504 g/mol. The first kappa shape index (κ1) is 25.9. The topological polar surface area (TPSA) is 66.5 Å². The fraction of sp³-hybridized carbons (Fsp3) is 0.0606. The Hall–Kier alpha value is -4.68. The molecule has 0 aliphatic carbocycles. The maximum absolute atomic E-state index is 13.6. The van der Waals surface area contributed by atoms with E-state index in [1.165, 1.54) is 4.31 Å². The summed E-state index contributed by atoms with van der Waals surface area (Å²) < 4.78 is 28.5. The van der Waals surface area contributed by atoms with E-state index < -0.39 is 10.0 Å². The normalized spacial score (nSPS) is 11.2. The quantitative estimate of drug-likeness (QED) is 0.233. The van der Waals surface area contributed by atoms with E-state index in [1.54, 1.807) is 66.7 Å². The highest BCUT2D eigenvalue weighted by Gasteiger charge is 2.25. The number of hydrogen-bond donors (Lipinski definition) is 1.